The third kappa shape index (κ3) is 3.05. The van der Waals surface area contributed by atoms with Crippen LogP contribution in [0.5, 0.6) is 0 Å². The van der Waals surface area contributed by atoms with Gasteiger partial charge >= 0.3 is 0 Å². The van der Waals surface area contributed by atoms with E-state index in [1.165, 1.54) is 0 Å². The van der Waals surface area contributed by atoms with Gasteiger partial charge in [0.15, 0.2) is 5.65 Å². The molecule has 0 saturated heterocycles. The summed E-state index contributed by atoms with van der Waals surface area (Å²) in [5.41, 5.74) is 5.26. The van der Waals surface area contributed by atoms with E-state index in [4.69, 9.17) is 4.98 Å². The summed E-state index contributed by atoms with van der Waals surface area (Å²) in [6.45, 7) is 2.73. The van der Waals surface area contributed by atoms with Gasteiger partial charge in [-0.05, 0) is 42.3 Å². The fourth-order valence-electron chi connectivity index (χ4n) is 3.41. The Morgan fingerprint density at radius 3 is 2.93 bits per heavy atom. The molecule has 0 bridgehead atoms. The SMILES string of the molecule is CCCC1N=CC(c2ccc3nnn(Cc4ccc5ncccc5c4)c3n2)=N1. The molecule has 0 radical (unpaired) electrons. The van der Waals surface area contributed by atoms with Crippen LogP contribution in [0.4, 0.5) is 0 Å². The molecular formula is C21H19N7. The predicted octanol–water partition coefficient (Wildman–Crippen LogP) is 3.42. The van der Waals surface area contributed by atoms with E-state index in [1.807, 2.05) is 35.2 Å². The predicted molar refractivity (Wildman–Crippen MR) is 110 cm³/mol. The van der Waals surface area contributed by atoms with Crippen LogP contribution in [0.25, 0.3) is 22.1 Å². The zero-order chi connectivity index (χ0) is 18.9. The summed E-state index contributed by atoms with van der Waals surface area (Å²) in [5.74, 6) is 0. The molecular weight excluding hydrogens is 350 g/mol. The van der Waals surface area contributed by atoms with Gasteiger partial charge in [-0.2, -0.15) is 0 Å². The van der Waals surface area contributed by atoms with Crippen LogP contribution in [0.3, 0.4) is 0 Å². The van der Waals surface area contributed by atoms with Crippen LogP contribution in [0.15, 0.2) is 58.6 Å². The molecule has 4 heterocycles. The summed E-state index contributed by atoms with van der Waals surface area (Å²) >= 11 is 0. The second kappa shape index (κ2) is 6.92. The van der Waals surface area contributed by atoms with Gasteiger partial charge in [0.05, 0.1) is 24.0 Å². The quantitative estimate of drug-likeness (QED) is 0.540. The molecule has 4 aromatic rings. The zero-order valence-electron chi connectivity index (χ0n) is 15.5. The summed E-state index contributed by atoms with van der Waals surface area (Å²) in [7, 11) is 0. The van der Waals surface area contributed by atoms with Crippen molar-refractivity contribution in [3.05, 3.63) is 59.9 Å². The minimum Gasteiger partial charge on any atom is -0.264 e. The van der Waals surface area contributed by atoms with Crippen LogP contribution < -0.4 is 0 Å². The minimum absolute atomic E-state index is 0.0201. The number of fused-ring (bicyclic) bond motifs is 2. The molecule has 1 aromatic carbocycles. The number of hydrogen-bond acceptors (Lipinski definition) is 6. The first-order chi connectivity index (χ1) is 13.8. The first-order valence-electron chi connectivity index (χ1n) is 9.45. The van der Waals surface area contributed by atoms with Crippen molar-refractivity contribution in [1.29, 1.82) is 0 Å². The van der Waals surface area contributed by atoms with Crippen LogP contribution in [0, 0.1) is 0 Å². The van der Waals surface area contributed by atoms with E-state index < -0.39 is 0 Å². The first kappa shape index (κ1) is 16.7. The van der Waals surface area contributed by atoms with Gasteiger partial charge < -0.3 is 0 Å². The molecule has 138 valence electrons. The maximum absolute atomic E-state index is 4.77. The third-order valence-electron chi connectivity index (χ3n) is 4.83. The Labute approximate surface area is 161 Å². The molecule has 0 fully saturated rings. The molecule has 1 aliphatic rings. The minimum atomic E-state index is 0.0201. The molecule has 1 unspecified atom stereocenters. The van der Waals surface area contributed by atoms with E-state index in [9.17, 15) is 0 Å². The van der Waals surface area contributed by atoms with Crippen molar-refractivity contribution in [1.82, 2.24) is 25.0 Å². The summed E-state index contributed by atoms with van der Waals surface area (Å²) in [6.07, 6.45) is 5.66. The standard InChI is InChI=1S/C21H19N7/c1-2-4-20-23-12-19(24-20)17-8-9-18-21(25-17)28(27-26-18)13-14-6-7-16-15(11-14)5-3-10-22-16/h3,5-12,20H,2,4,13H2,1H3. The maximum atomic E-state index is 4.77. The van der Waals surface area contributed by atoms with Gasteiger partial charge in [0, 0.05) is 11.6 Å². The smallest absolute Gasteiger partial charge is 0.179 e. The van der Waals surface area contributed by atoms with E-state index in [2.05, 4.69) is 50.4 Å². The Balaban J connectivity index is 1.48. The van der Waals surface area contributed by atoms with Crippen LogP contribution in [0.1, 0.15) is 31.0 Å². The molecule has 0 spiro atoms. The van der Waals surface area contributed by atoms with Gasteiger partial charge in [0.1, 0.15) is 17.4 Å². The summed E-state index contributed by atoms with van der Waals surface area (Å²) in [6, 6.07) is 14.1. The molecule has 7 heteroatoms. The number of hydrogen-bond donors (Lipinski definition) is 0. The van der Waals surface area contributed by atoms with E-state index >= 15 is 0 Å². The monoisotopic (exact) mass is 369 g/mol. The molecule has 0 N–H and O–H groups in total. The highest BCUT2D eigenvalue weighted by Crippen LogP contribution is 2.17. The highest BCUT2D eigenvalue weighted by molar-refractivity contribution is 6.38. The number of aromatic nitrogens is 5. The summed E-state index contributed by atoms with van der Waals surface area (Å²) in [5, 5.41) is 9.66. The van der Waals surface area contributed by atoms with Crippen molar-refractivity contribution in [2.45, 2.75) is 32.5 Å². The highest BCUT2D eigenvalue weighted by atomic mass is 15.4. The van der Waals surface area contributed by atoms with Gasteiger partial charge in [-0.25, -0.2) is 9.67 Å². The van der Waals surface area contributed by atoms with Gasteiger partial charge in [-0.15, -0.1) is 5.10 Å². The van der Waals surface area contributed by atoms with Crippen molar-refractivity contribution in [3.8, 4) is 0 Å². The Kier molecular flexibility index (Phi) is 4.12. The second-order valence-corrected chi connectivity index (χ2v) is 6.88. The number of nitrogens with zero attached hydrogens (tertiary/aromatic N) is 7. The number of benzene rings is 1. The second-order valence-electron chi connectivity index (χ2n) is 6.88. The lowest BCUT2D eigenvalue weighted by atomic mass is 10.1. The Hall–Kier alpha value is -3.48. The molecule has 1 atom stereocenters. The maximum Gasteiger partial charge on any atom is 0.179 e. The fourth-order valence-corrected chi connectivity index (χ4v) is 3.41. The molecule has 1 aliphatic heterocycles. The van der Waals surface area contributed by atoms with Crippen molar-refractivity contribution >= 4 is 34.0 Å². The van der Waals surface area contributed by atoms with Crippen molar-refractivity contribution in [2.75, 3.05) is 0 Å². The number of aliphatic imine (C=N–C) groups is 2. The number of pyridine rings is 2. The van der Waals surface area contributed by atoms with Crippen LogP contribution >= 0.6 is 0 Å². The van der Waals surface area contributed by atoms with Crippen molar-refractivity contribution < 1.29 is 0 Å². The average molecular weight is 369 g/mol. The molecule has 0 saturated carbocycles. The molecule has 0 amide bonds. The van der Waals surface area contributed by atoms with E-state index in [0.717, 1.165) is 51.9 Å². The lowest BCUT2D eigenvalue weighted by Gasteiger charge is -2.05. The molecule has 0 aliphatic carbocycles. The van der Waals surface area contributed by atoms with Gasteiger partial charge in [0.2, 0.25) is 0 Å². The first-order valence-corrected chi connectivity index (χ1v) is 9.45. The Bertz CT molecular complexity index is 1220. The van der Waals surface area contributed by atoms with Gasteiger partial charge in [-0.3, -0.25) is 15.0 Å². The largest absolute Gasteiger partial charge is 0.264 e. The van der Waals surface area contributed by atoms with Gasteiger partial charge in [0.25, 0.3) is 0 Å². The zero-order valence-corrected chi connectivity index (χ0v) is 15.5. The summed E-state index contributed by atoms with van der Waals surface area (Å²) < 4.78 is 1.83. The molecule has 7 nitrogen and oxygen atoms in total. The lowest BCUT2D eigenvalue weighted by Crippen LogP contribution is -2.07. The fraction of sp³-hybridized carbons (Fsp3) is 0.238. The normalized spacial score (nSPS) is 16.2. The van der Waals surface area contributed by atoms with Crippen LogP contribution in [-0.4, -0.2) is 43.1 Å². The highest BCUT2D eigenvalue weighted by Gasteiger charge is 2.16. The van der Waals surface area contributed by atoms with E-state index in [0.29, 0.717) is 6.54 Å². The summed E-state index contributed by atoms with van der Waals surface area (Å²) in [4.78, 5) is 18.3. The third-order valence-corrected chi connectivity index (χ3v) is 4.83. The number of rotatable bonds is 5. The topological polar surface area (TPSA) is 81.2 Å². The Morgan fingerprint density at radius 1 is 1.07 bits per heavy atom. The average Bonchev–Trinajstić information content (AvgIpc) is 3.35. The van der Waals surface area contributed by atoms with E-state index in [1.54, 1.807) is 6.20 Å². The van der Waals surface area contributed by atoms with Crippen LogP contribution in [0.2, 0.25) is 0 Å². The van der Waals surface area contributed by atoms with Gasteiger partial charge in [-0.1, -0.05) is 30.7 Å². The Morgan fingerprint density at radius 2 is 2.00 bits per heavy atom. The van der Waals surface area contributed by atoms with Crippen LogP contribution in [-0.2, 0) is 6.54 Å². The molecule has 3 aromatic heterocycles. The molecule has 5 rings (SSSR count). The lowest BCUT2D eigenvalue weighted by molar-refractivity contribution is 0.643. The molecule has 28 heavy (non-hydrogen) atoms. The van der Waals surface area contributed by atoms with E-state index in [-0.39, 0.29) is 6.17 Å². The van der Waals surface area contributed by atoms with Crippen molar-refractivity contribution in [2.24, 2.45) is 9.98 Å². The van der Waals surface area contributed by atoms with Crippen molar-refractivity contribution in [3.63, 3.8) is 0 Å².